The molecule has 0 unspecified atom stereocenters. The van der Waals surface area contributed by atoms with Crippen LogP contribution < -0.4 is 0 Å². The molecule has 1 aromatic heterocycles. The first-order chi connectivity index (χ1) is 11.2. The van der Waals surface area contributed by atoms with Crippen LogP contribution in [0.5, 0.6) is 0 Å². The Morgan fingerprint density at radius 3 is 2.78 bits per heavy atom. The molecule has 0 aliphatic carbocycles. The van der Waals surface area contributed by atoms with Crippen molar-refractivity contribution in [2.45, 2.75) is 0 Å². The van der Waals surface area contributed by atoms with E-state index in [1.165, 1.54) is 11.8 Å². The predicted molar refractivity (Wildman–Crippen MR) is 99.8 cm³/mol. The van der Waals surface area contributed by atoms with Crippen LogP contribution in [-0.2, 0) is 4.79 Å². The maximum absolute atomic E-state index is 12.0. The first-order valence-electron chi connectivity index (χ1n) is 6.78. The fourth-order valence-electron chi connectivity index (χ4n) is 1.92. The molecule has 1 aliphatic rings. The summed E-state index contributed by atoms with van der Waals surface area (Å²) in [6, 6.07) is 11.1. The molecule has 0 saturated carbocycles. The number of hydrogen-bond acceptors (Lipinski definition) is 5. The summed E-state index contributed by atoms with van der Waals surface area (Å²) in [5.41, 5.74) is 1.33. The Bertz CT molecular complexity index is 806. The Kier molecular flexibility index (Phi) is 5.10. The summed E-state index contributed by atoms with van der Waals surface area (Å²) in [7, 11) is 0. The lowest BCUT2D eigenvalue weighted by Gasteiger charge is -1.96. The second-order valence-corrected chi connectivity index (χ2v) is 7.27. The molecule has 3 nitrogen and oxygen atoms in total. The third-order valence-corrected chi connectivity index (χ3v) is 5.22. The van der Waals surface area contributed by atoms with Crippen LogP contribution in [0.15, 0.2) is 64.2 Å². The van der Waals surface area contributed by atoms with E-state index in [1.807, 2.05) is 36.4 Å². The maximum Gasteiger partial charge on any atom is 0.244 e. The van der Waals surface area contributed by atoms with E-state index in [0.717, 1.165) is 33.2 Å². The molecule has 0 amide bonds. The first kappa shape index (κ1) is 16.2. The zero-order valence-electron chi connectivity index (χ0n) is 12.0. The number of furan rings is 1. The van der Waals surface area contributed by atoms with Gasteiger partial charge in [-0.05, 0) is 48.2 Å². The van der Waals surface area contributed by atoms with Gasteiger partial charge in [0.25, 0.3) is 0 Å². The van der Waals surface area contributed by atoms with Gasteiger partial charge in [0.15, 0.2) is 0 Å². The summed E-state index contributed by atoms with van der Waals surface area (Å²) in [6.07, 6.45) is 3.45. The van der Waals surface area contributed by atoms with Gasteiger partial charge in [0.1, 0.15) is 21.6 Å². The molecule has 0 N–H and O–H groups in total. The van der Waals surface area contributed by atoms with E-state index in [9.17, 15) is 4.79 Å². The number of nitrogens with zero attached hydrogens (tertiary/aromatic N) is 1. The fraction of sp³-hybridized carbons (Fsp3) is 0.0588. The zero-order chi connectivity index (χ0) is 16.2. The summed E-state index contributed by atoms with van der Waals surface area (Å²) in [4.78, 5) is 16.3. The van der Waals surface area contributed by atoms with E-state index in [0.29, 0.717) is 16.5 Å². The monoisotopic (exact) mass is 361 g/mol. The summed E-state index contributed by atoms with van der Waals surface area (Å²) in [6.45, 7) is 3.66. The number of aliphatic imine (C=N–C) groups is 1. The highest BCUT2D eigenvalue weighted by Gasteiger charge is 2.22. The molecule has 0 spiro atoms. The van der Waals surface area contributed by atoms with E-state index in [2.05, 4.69) is 11.6 Å². The molecule has 0 atom stereocenters. The molecule has 0 bridgehead atoms. The zero-order valence-corrected chi connectivity index (χ0v) is 14.4. The number of halogens is 1. The number of rotatable bonds is 4. The Morgan fingerprint density at radius 2 is 2.04 bits per heavy atom. The third-order valence-electron chi connectivity index (χ3n) is 2.96. The van der Waals surface area contributed by atoms with Gasteiger partial charge < -0.3 is 4.42 Å². The van der Waals surface area contributed by atoms with Crippen molar-refractivity contribution in [1.82, 2.24) is 0 Å². The molecule has 1 aromatic carbocycles. The Hall–Kier alpha value is -1.69. The molecule has 2 heterocycles. The lowest BCUT2D eigenvalue weighted by Crippen LogP contribution is -1.87. The molecule has 116 valence electrons. The van der Waals surface area contributed by atoms with Gasteiger partial charge in [-0.25, -0.2) is 4.99 Å². The standard InChI is InChI=1S/C17H12ClNO2S2/c1-2-9-22-17-19-14(16(20)23-17)10-13-7-8-15(21-13)11-3-5-12(18)6-4-11/h2-8,10H,1,9H2/b14-10+. The normalized spacial score (nSPS) is 16.0. The van der Waals surface area contributed by atoms with E-state index in [1.54, 1.807) is 12.2 Å². The van der Waals surface area contributed by atoms with Crippen LogP contribution in [0.2, 0.25) is 5.02 Å². The Labute approximate surface area is 147 Å². The van der Waals surface area contributed by atoms with Crippen LogP contribution >= 0.6 is 35.1 Å². The van der Waals surface area contributed by atoms with Gasteiger partial charge in [0.05, 0.1) is 0 Å². The van der Waals surface area contributed by atoms with Crippen molar-refractivity contribution in [2.75, 3.05) is 5.75 Å². The second kappa shape index (κ2) is 7.25. The van der Waals surface area contributed by atoms with Crippen LogP contribution in [0.1, 0.15) is 5.76 Å². The molecular formula is C17H12ClNO2S2. The van der Waals surface area contributed by atoms with Gasteiger partial charge in [0.2, 0.25) is 5.12 Å². The van der Waals surface area contributed by atoms with Crippen molar-refractivity contribution in [2.24, 2.45) is 4.99 Å². The van der Waals surface area contributed by atoms with Crippen molar-refractivity contribution in [3.05, 3.63) is 65.5 Å². The van der Waals surface area contributed by atoms with Crippen molar-refractivity contribution in [1.29, 1.82) is 0 Å². The van der Waals surface area contributed by atoms with E-state index in [-0.39, 0.29) is 5.12 Å². The van der Waals surface area contributed by atoms with Crippen LogP contribution in [0, 0.1) is 0 Å². The number of benzene rings is 1. The van der Waals surface area contributed by atoms with E-state index >= 15 is 0 Å². The van der Waals surface area contributed by atoms with Crippen LogP contribution in [0.25, 0.3) is 17.4 Å². The molecular weight excluding hydrogens is 350 g/mol. The molecule has 6 heteroatoms. The third kappa shape index (κ3) is 3.99. The minimum atomic E-state index is -0.0685. The van der Waals surface area contributed by atoms with Crippen molar-refractivity contribution in [3.8, 4) is 11.3 Å². The van der Waals surface area contributed by atoms with Gasteiger partial charge in [0, 0.05) is 22.4 Å². The summed E-state index contributed by atoms with van der Waals surface area (Å²) in [5.74, 6) is 2.04. The number of hydrogen-bond donors (Lipinski definition) is 0. The van der Waals surface area contributed by atoms with E-state index < -0.39 is 0 Å². The second-order valence-electron chi connectivity index (χ2n) is 4.61. The van der Waals surface area contributed by atoms with E-state index in [4.69, 9.17) is 16.0 Å². The van der Waals surface area contributed by atoms with Gasteiger partial charge in [-0.15, -0.1) is 6.58 Å². The smallest absolute Gasteiger partial charge is 0.244 e. The largest absolute Gasteiger partial charge is 0.457 e. The maximum atomic E-state index is 12.0. The first-order valence-corrected chi connectivity index (χ1v) is 8.96. The van der Waals surface area contributed by atoms with Gasteiger partial charge >= 0.3 is 0 Å². The summed E-state index contributed by atoms with van der Waals surface area (Å²) < 4.78 is 6.50. The Morgan fingerprint density at radius 1 is 1.26 bits per heavy atom. The Balaban J connectivity index is 1.80. The molecule has 1 aliphatic heterocycles. The van der Waals surface area contributed by atoms with Crippen LogP contribution in [0.4, 0.5) is 0 Å². The molecule has 3 rings (SSSR count). The number of carbonyl (C=O) groups excluding carboxylic acids is 1. The molecule has 0 saturated heterocycles. The fourth-order valence-corrected chi connectivity index (χ4v) is 3.64. The average molecular weight is 362 g/mol. The minimum absolute atomic E-state index is 0.0685. The quantitative estimate of drug-likeness (QED) is 0.533. The minimum Gasteiger partial charge on any atom is -0.457 e. The van der Waals surface area contributed by atoms with Gasteiger partial charge in [-0.2, -0.15) is 0 Å². The number of carbonyl (C=O) groups is 1. The summed E-state index contributed by atoms with van der Waals surface area (Å²) >= 11 is 8.52. The van der Waals surface area contributed by atoms with Crippen molar-refractivity contribution < 1.29 is 9.21 Å². The summed E-state index contributed by atoms with van der Waals surface area (Å²) in [5, 5.41) is 0.608. The highest BCUT2D eigenvalue weighted by molar-refractivity contribution is 8.45. The van der Waals surface area contributed by atoms with Gasteiger partial charge in [-0.1, -0.05) is 29.4 Å². The predicted octanol–water partition coefficient (Wildman–Crippen LogP) is 5.49. The van der Waals surface area contributed by atoms with Crippen molar-refractivity contribution >= 4 is 50.7 Å². The van der Waals surface area contributed by atoms with Crippen LogP contribution in [0.3, 0.4) is 0 Å². The molecule has 2 aromatic rings. The molecule has 0 radical (unpaired) electrons. The lowest BCUT2D eigenvalue weighted by molar-refractivity contribution is -0.107. The topological polar surface area (TPSA) is 42.6 Å². The highest BCUT2D eigenvalue weighted by Crippen LogP contribution is 2.32. The molecule has 23 heavy (non-hydrogen) atoms. The van der Waals surface area contributed by atoms with Crippen LogP contribution in [-0.4, -0.2) is 15.2 Å². The van der Waals surface area contributed by atoms with Gasteiger partial charge in [-0.3, -0.25) is 4.79 Å². The average Bonchev–Trinajstić information content (AvgIpc) is 3.14. The van der Waals surface area contributed by atoms with Crippen molar-refractivity contribution in [3.63, 3.8) is 0 Å². The lowest BCUT2D eigenvalue weighted by atomic mass is 10.2. The number of thioether (sulfide) groups is 2. The highest BCUT2D eigenvalue weighted by atomic mass is 35.5. The molecule has 0 fully saturated rings. The SMILES string of the molecule is C=CCSC1=N/C(=C/c2ccc(-c3ccc(Cl)cc3)o2)C(=O)S1.